The van der Waals surface area contributed by atoms with E-state index < -0.39 is 12.1 Å². The second-order valence-electron chi connectivity index (χ2n) is 6.85. The lowest BCUT2D eigenvalue weighted by molar-refractivity contribution is -0.192. The number of hydrogen-bond donors (Lipinski definition) is 2. The van der Waals surface area contributed by atoms with E-state index in [-0.39, 0.29) is 18.4 Å². The summed E-state index contributed by atoms with van der Waals surface area (Å²) in [5.41, 5.74) is 1.48. The minimum atomic E-state index is -5.08. The lowest BCUT2D eigenvalue weighted by Crippen LogP contribution is -2.51. The molecule has 2 amide bonds. The molecule has 9 nitrogen and oxygen atoms in total. The van der Waals surface area contributed by atoms with Crippen LogP contribution in [0.4, 0.5) is 19.0 Å². The number of halogens is 3. The van der Waals surface area contributed by atoms with Gasteiger partial charge in [-0.2, -0.15) is 13.2 Å². The van der Waals surface area contributed by atoms with Crippen LogP contribution < -0.4 is 10.1 Å². The fourth-order valence-corrected chi connectivity index (χ4v) is 2.99. The first-order valence-electron chi connectivity index (χ1n) is 9.69. The maximum absolute atomic E-state index is 12.7. The Kier molecular flexibility index (Phi) is 8.60. The highest BCUT2D eigenvalue weighted by Gasteiger charge is 2.38. The molecule has 0 unspecified atom stereocenters. The van der Waals surface area contributed by atoms with Gasteiger partial charge in [0.05, 0.1) is 12.7 Å². The predicted molar refractivity (Wildman–Crippen MR) is 112 cm³/mol. The monoisotopic (exact) mass is 468 g/mol. The van der Waals surface area contributed by atoms with Crippen molar-refractivity contribution in [3.05, 3.63) is 53.7 Å². The smallest absolute Gasteiger partial charge is 0.490 e. The van der Waals surface area contributed by atoms with Crippen molar-refractivity contribution in [2.75, 3.05) is 39.1 Å². The Balaban J connectivity index is 0.000000479. The zero-order valence-corrected chi connectivity index (χ0v) is 17.9. The summed E-state index contributed by atoms with van der Waals surface area (Å²) >= 11 is 0. The number of piperazine rings is 1. The molecule has 0 radical (unpaired) electrons. The topological polar surface area (TPSA) is 112 Å². The molecule has 1 aliphatic heterocycles. The van der Waals surface area contributed by atoms with E-state index in [1.807, 2.05) is 24.3 Å². The molecule has 2 N–H and O–H groups in total. The first-order valence-corrected chi connectivity index (χ1v) is 9.69. The average Bonchev–Trinajstić information content (AvgIpc) is 2.79. The third-order valence-electron chi connectivity index (χ3n) is 4.63. The average molecular weight is 468 g/mol. The molecule has 1 aromatic heterocycles. The molecule has 0 spiro atoms. The number of carboxylic acid groups (broad SMARTS) is 1. The number of nitrogens with one attached hydrogen (secondary N) is 1. The summed E-state index contributed by atoms with van der Waals surface area (Å²) in [5, 5.41) is 10.0. The van der Waals surface area contributed by atoms with E-state index in [0.29, 0.717) is 31.0 Å². The number of aromatic nitrogens is 1. The SMILES string of the molecule is CNc1ncccc1C(=O)N1CCN(Cc2cccc(OC)c2)C(=O)C1.O=C(O)C(F)(F)F. The Hall–Kier alpha value is -3.83. The first kappa shape index (κ1) is 25.4. The Morgan fingerprint density at radius 3 is 2.48 bits per heavy atom. The van der Waals surface area contributed by atoms with E-state index >= 15 is 0 Å². The number of nitrogens with zero attached hydrogens (tertiary/aromatic N) is 3. The fraction of sp³-hybridized carbons (Fsp3) is 0.333. The number of benzene rings is 1. The van der Waals surface area contributed by atoms with Crippen LogP contribution in [-0.2, 0) is 16.1 Å². The molecule has 2 heterocycles. The van der Waals surface area contributed by atoms with Crippen LogP contribution in [0.2, 0.25) is 0 Å². The maximum atomic E-state index is 12.7. The molecule has 0 atom stereocenters. The van der Waals surface area contributed by atoms with Crippen LogP contribution in [0, 0.1) is 0 Å². The Morgan fingerprint density at radius 1 is 1.21 bits per heavy atom. The predicted octanol–water partition coefficient (Wildman–Crippen LogP) is 2.25. The fourth-order valence-electron chi connectivity index (χ4n) is 2.99. The Bertz CT molecular complexity index is 1000. The van der Waals surface area contributed by atoms with Crippen molar-refractivity contribution in [1.29, 1.82) is 0 Å². The van der Waals surface area contributed by atoms with Gasteiger partial charge < -0.3 is 25.0 Å². The van der Waals surface area contributed by atoms with Crippen molar-refractivity contribution in [3.63, 3.8) is 0 Å². The maximum Gasteiger partial charge on any atom is 0.490 e. The summed E-state index contributed by atoms with van der Waals surface area (Å²) < 4.78 is 37.0. The molecule has 1 fully saturated rings. The molecule has 12 heteroatoms. The number of pyridine rings is 1. The first-order chi connectivity index (χ1) is 15.6. The number of carbonyl (C=O) groups excluding carboxylic acids is 2. The van der Waals surface area contributed by atoms with Gasteiger partial charge in [0.2, 0.25) is 5.91 Å². The van der Waals surface area contributed by atoms with E-state index in [1.54, 1.807) is 42.3 Å². The largest absolute Gasteiger partial charge is 0.497 e. The third kappa shape index (κ3) is 7.09. The summed E-state index contributed by atoms with van der Waals surface area (Å²) in [6, 6.07) is 11.1. The molecule has 1 saturated heterocycles. The normalized spacial score (nSPS) is 13.7. The van der Waals surface area contributed by atoms with Gasteiger partial charge in [0, 0.05) is 32.9 Å². The molecule has 3 rings (SSSR count). The van der Waals surface area contributed by atoms with Gasteiger partial charge in [0.25, 0.3) is 5.91 Å². The second kappa shape index (κ2) is 11.2. The molecule has 2 aromatic rings. The van der Waals surface area contributed by atoms with Gasteiger partial charge in [0.1, 0.15) is 18.1 Å². The number of alkyl halides is 3. The van der Waals surface area contributed by atoms with Gasteiger partial charge in [-0.1, -0.05) is 12.1 Å². The number of carboxylic acids is 1. The van der Waals surface area contributed by atoms with Gasteiger partial charge in [-0.15, -0.1) is 0 Å². The van der Waals surface area contributed by atoms with E-state index in [4.69, 9.17) is 14.6 Å². The number of rotatable bonds is 5. The van der Waals surface area contributed by atoms with Crippen LogP contribution in [0.3, 0.4) is 0 Å². The number of hydrogen-bond acceptors (Lipinski definition) is 6. The molecule has 0 aliphatic carbocycles. The zero-order chi connectivity index (χ0) is 24.6. The number of anilines is 1. The number of carbonyl (C=O) groups is 3. The van der Waals surface area contributed by atoms with Crippen molar-refractivity contribution in [2.45, 2.75) is 12.7 Å². The summed E-state index contributed by atoms with van der Waals surface area (Å²) in [7, 11) is 3.34. The highest BCUT2D eigenvalue weighted by molar-refractivity contribution is 6.00. The number of ether oxygens (including phenoxy) is 1. The van der Waals surface area contributed by atoms with Gasteiger partial charge in [-0.25, -0.2) is 9.78 Å². The molecule has 1 aliphatic rings. The standard InChI is InChI=1S/C19H22N4O3.C2HF3O2/c1-20-18-16(7-4-8-21-18)19(25)23-10-9-22(17(24)13-23)12-14-5-3-6-15(11-14)26-2;3-2(4,5)1(6)7/h3-8,11H,9-10,12-13H2,1-2H3,(H,20,21);(H,6,7). The van der Waals surface area contributed by atoms with E-state index in [1.165, 1.54) is 0 Å². The van der Waals surface area contributed by atoms with Crippen molar-refractivity contribution < 1.29 is 37.4 Å². The molecule has 33 heavy (non-hydrogen) atoms. The minimum absolute atomic E-state index is 0.0673. The number of aliphatic carboxylic acids is 1. The molecule has 1 aromatic carbocycles. The van der Waals surface area contributed by atoms with Crippen LogP contribution in [0.15, 0.2) is 42.6 Å². The van der Waals surface area contributed by atoms with Crippen LogP contribution in [-0.4, -0.2) is 77.6 Å². The molecular weight excluding hydrogens is 445 g/mol. The van der Waals surface area contributed by atoms with Crippen LogP contribution >= 0.6 is 0 Å². The summed E-state index contributed by atoms with van der Waals surface area (Å²) in [5.74, 6) is -1.73. The van der Waals surface area contributed by atoms with Crippen molar-refractivity contribution in [3.8, 4) is 5.75 Å². The third-order valence-corrected chi connectivity index (χ3v) is 4.63. The minimum Gasteiger partial charge on any atom is -0.497 e. The van der Waals surface area contributed by atoms with Crippen molar-refractivity contribution in [2.24, 2.45) is 0 Å². The molecule has 0 bridgehead atoms. The van der Waals surface area contributed by atoms with Gasteiger partial charge >= 0.3 is 12.1 Å². The Morgan fingerprint density at radius 2 is 1.91 bits per heavy atom. The lowest BCUT2D eigenvalue weighted by atomic mass is 10.1. The van der Waals surface area contributed by atoms with Crippen LogP contribution in [0.5, 0.6) is 5.75 Å². The lowest BCUT2D eigenvalue weighted by Gasteiger charge is -2.34. The number of methoxy groups -OCH3 is 1. The quantitative estimate of drug-likeness (QED) is 0.692. The van der Waals surface area contributed by atoms with E-state index in [2.05, 4.69) is 10.3 Å². The summed E-state index contributed by atoms with van der Waals surface area (Å²) in [4.78, 5) is 41.6. The van der Waals surface area contributed by atoms with Crippen LogP contribution in [0.1, 0.15) is 15.9 Å². The highest BCUT2D eigenvalue weighted by atomic mass is 19.4. The molecular formula is C21H23F3N4O5. The van der Waals surface area contributed by atoms with Crippen molar-refractivity contribution >= 4 is 23.6 Å². The molecule has 0 saturated carbocycles. The Labute approximate surface area is 187 Å². The summed E-state index contributed by atoms with van der Waals surface area (Å²) in [6.45, 7) is 1.57. The summed E-state index contributed by atoms with van der Waals surface area (Å²) in [6.07, 6.45) is -3.46. The second-order valence-corrected chi connectivity index (χ2v) is 6.85. The molecule has 178 valence electrons. The van der Waals surface area contributed by atoms with E-state index in [0.717, 1.165) is 11.3 Å². The van der Waals surface area contributed by atoms with Gasteiger partial charge in [-0.05, 0) is 29.8 Å². The number of amides is 2. The van der Waals surface area contributed by atoms with Crippen molar-refractivity contribution in [1.82, 2.24) is 14.8 Å². The van der Waals surface area contributed by atoms with Gasteiger partial charge in [0.15, 0.2) is 0 Å². The van der Waals surface area contributed by atoms with E-state index in [9.17, 15) is 22.8 Å². The van der Waals surface area contributed by atoms with Crippen LogP contribution in [0.25, 0.3) is 0 Å². The zero-order valence-electron chi connectivity index (χ0n) is 17.9. The van der Waals surface area contributed by atoms with Gasteiger partial charge in [-0.3, -0.25) is 9.59 Å². The highest BCUT2D eigenvalue weighted by Crippen LogP contribution is 2.18.